The van der Waals surface area contributed by atoms with Gasteiger partial charge in [-0.25, -0.2) is 0 Å². The molecule has 0 amide bonds. The Hall–Kier alpha value is -1.02. The van der Waals surface area contributed by atoms with Gasteiger partial charge in [0.15, 0.2) is 0 Å². The van der Waals surface area contributed by atoms with Crippen LogP contribution in [0.3, 0.4) is 0 Å². The Labute approximate surface area is 123 Å². The first-order valence-corrected chi connectivity index (χ1v) is 8.17. The zero-order chi connectivity index (χ0) is 14.2. The van der Waals surface area contributed by atoms with Crippen LogP contribution in [0.25, 0.3) is 0 Å². The van der Waals surface area contributed by atoms with Gasteiger partial charge in [-0.1, -0.05) is 37.8 Å². The van der Waals surface area contributed by atoms with E-state index in [-0.39, 0.29) is 0 Å². The maximum absolute atomic E-state index is 5.19. The largest absolute Gasteiger partial charge is 0.497 e. The van der Waals surface area contributed by atoms with Crippen LogP contribution in [-0.4, -0.2) is 19.2 Å². The molecular formula is C18H29NO. The summed E-state index contributed by atoms with van der Waals surface area (Å²) in [7, 11) is 1.72. The summed E-state index contributed by atoms with van der Waals surface area (Å²) in [4.78, 5) is 0. The van der Waals surface area contributed by atoms with Crippen molar-refractivity contribution in [2.24, 2.45) is 0 Å². The first-order valence-electron chi connectivity index (χ1n) is 8.17. The summed E-state index contributed by atoms with van der Waals surface area (Å²) >= 11 is 0. The molecule has 0 aromatic heterocycles. The molecule has 1 aliphatic carbocycles. The highest BCUT2D eigenvalue weighted by molar-refractivity contribution is 5.27. The molecule has 2 heteroatoms. The lowest BCUT2D eigenvalue weighted by molar-refractivity contribution is 0.394. The molecular weight excluding hydrogens is 246 g/mol. The quantitative estimate of drug-likeness (QED) is 0.780. The van der Waals surface area contributed by atoms with Crippen molar-refractivity contribution in [1.82, 2.24) is 5.32 Å². The van der Waals surface area contributed by atoms with Crippen LogP contribution >= 0.6 is 0 Å². The monoisotopic (exact) mass is 275 g/mol. The lowest BCUT2D eigenvalue weighted by Crippen LogP contribution is -2.36. The van der Waals surface area contributed by atoms with E-state index in [2.05, 4.69) is 36.5 Å². The summed E-state index contributed by atoms with van der Waals surface area (Å²) in [5.41, 5.74) is 1.40. The van der Waals surface area contributed by atoms with Gasteiger partial charge in [0.05, 0.1) is 7.11 Å². The molecule has 0 aliphatic heterocycles. The molecule has 1 aromatic carbocycles. The van der Waals surface area contributed by atoms with Gasteiger partial charge < -0.3 is 10.1 Å². The van der Waals surface area contributed by atoms with E-state index in [1.165, 1.54) is 50.5 Å². The van der Waals surface area contributed by atoms with Crippen molar-refractivity contribution in [2.45, 2.75) is 70.4 Å². The van der Waals surface area contributed by atoms with Gasteiger partial charge in [-0.3, -0.25) is 0 Å². The number of methoxy groups -OCH3 is 1. The normalized spacial score (nSPS) is 18.5. The van der Waals surface area contributed by atoms with Crippen LogP contribution in [0.2, 0.25) is 0 Å². The molecule has 0 radical (unpaired) electrons. The number of aryl methyl sites for hydroxylation is 1. The van der Waals surface area contributed by atoms with Crippen LogP contribution in [0, 0.1) is 0 Å². The van der Waals surface area contributed by atoms with Gasteiger partial charge in [0.2, 0.25) is 0 Å². The van der Waals surface area contributed by atoms with E-state index in [9.17, 15) is 0 Å². The highest BCUT2D eigenvalue weighted by atomic mass is 16.5. The van der Waals surface area contributed by atoms with Crippen LogP contribution in [0.5, 0.6) is 5.75 Å². The molecule has 1 unspecified atom stereocenters. The Morgan fingerprint density at radius 1 is 1.10 bits per heavy atom. The summed E-state index contributed by atoms with van der Waals surface area (Å²) in [5.74, 6) is 0.943. The number of hydrogen-bond donors (Lipinski definition) is 1. The topological polar surface area (TPSA) is 21.3 Å². The fourth-order valence-electron chi connectivity index (χ4n) is 3.11. The standard InChI is InChI=1S/C18H29NO/c1-15(19-17-7-5-3-4-6-8-17)9-10-16-11-13-18(20-2)14-12-16/h11-15,17,19H,3-10H2,1-2H3. The summed E-state index contributed by atoms with van der Waals surface area (Å²) in [6.07, 6.45) is 10.8. The molecule has 1 fully saturated rings. The van der Waals surface area contributed by atoms with Gasteiger partial charge in [0, 0.05) is 12.1 Å². The van der Waals surface area contributed by atoms with Gasteiger partial charge in [-0.15, -0.1) is 0 Å². The van der Waals surface area contributed by atoms with Crippen molar-refractivity contribution in [3.05, 3.63) is 29.8 Å². The zero-order valence-corrected chi connectivity index (χ0v) is 13.0. The van der Waals surface area contributed by atoms with Gasteiger partial charge in [0.1, 0.15) is 5.75 Å². The molecule has 1 aromatic rings. The second-order valence-corrected chi connectivity index (χ2v) is 6.14. The summed E-state index contributed by atoms with van der Waals surface area (Å²) in [6.45, 7) is 2.33. The molecule has 0 heterocycles. The third-order valence-corrected chi connectivity index (χ3v) is 4.40. The predicted molar refractivity (Wildman–Crippen MR) is 85.4 cm³/mol. The molecule has 2 nitrogen and oxygen atoms in total. The molecule has 0 spiro atoms. The molecule has 1 atom stereocenters. The molecule has 1 N–H and O–H groups in total. The summed E-state index contributed by atoms with van der Waals surface area (Å²) < 4.78 is 5.19. The average Bonchev–Trinajstić information content (AvgIpc) is 2.74. The zero-order valence-electron chi connectivity index (χ0n) is 13.0. The van der Waals surface area contributed by atoms with Crippen LogP contribution < -0.4 is 10.1 Å². The fraction of sp³-hybridized carbons (Fsp3) is 0.667. The molecule has 0 saturated heterocycles. The molecule has 0 bridgehead atoms. The third kappa shape index (κ3) is 5.16. The molecule has 2 rings (SSSR count). The smallest absolute Gasteiger partial charge is 0.118 e. The maximum atomic E-state index is 5.19. The van der Waals surface area contributed by atoms with Crippen molar-refractivity contribution < 1.29 is 4.74 Å². The Balaban J connectivity index is 1.71. The minimum Gasteiger partial charge on any atom is -0.497 e. The highest BCUT2D eigenvalue weighted by Crippen LogP contribution is 2.18. The molecule has 1 aliphatic rings. The van der Waals surface area contributed by atoms with Gasteiger partial charge >= 0.3 is 0 Å². The summed E-state index contributed by atoms with van der Waals surface area (Å²) in [5, 5.41) is 3.83. The van der Waals surface area contributed by atoms with E-state index in [1.54, 1.807) is 7.11 Å². The van der Waals surface area contributed by atoms with Crippen molar-refractivity contribution in [1.29, 1.82) is 0 Å². The number of rotatable bonds is 6. The fourth-order valence-corrected chi connectivity index (χ4v) is 3.11. The second kappa shape index (κ2) is 8.31. The third-order valence-electron chi connectivity index (χ3n) is 4.40. The van der Waals surface area contributed by atoms with E-state index in [4.69, 9.17) is 4.74 Å². The van der Waals surface area contributed by atoms with Crippen LogP contribution in [-0.2, 0) is 6.42 Å². The number of hydrogen-bond acceptors (Lipinski definition) is 2. The van der Waals surface area contributed by atoms with Crippen LogP contribution in [0.1, 0.15) is 57.4 Å². The molecule has 1 saturated carbocycles. The van der Waals surface area contributed by atoms with Crippen LogP contribution in [0.4, 0.5) is 0 Å². The van der Waals surface area contributed by atoms with E-state index in [0.717, 1.165) is 18.2 Å². The highest BCUT2D eigenvalue weighted by Gasteiger charge is 2.14. The van der Waals surface area contributed by atoms with E-state index in [0.29, 0.717) is 6.04 Å². The van der Waals surface area contributed by atoms with E-state index in [1.807, 2.05) is 0 Å². The Morgan fingerprint density at radius 3 is 2.35 bits per heavy atom. The second-order valence-electron chi connectivity index (χ2n) is 6.14. The van der Waals surface area contributed by atoms with Crippen LogP contribution in [0.15, 0.2) is 24.3 Å². The van der Waals surface area contributed by atoms with E-state index < -0.39 is 0 Å². The van der Waals surface area contributed by atoms with Gasteiger partial charge in [-0.2, -0.15) is 0 Å². The van der Waals surface area contributed by atoms with E-state index >= 15 is 0 Å². The van der Waals surface area contributed by atoms with Crippen molar-refractivity contribution in [2.75, 3.05) is 7.11 Å². The SMILES string of the molecule is COc1ccc(CCC(C)NC2CCCCCC2)cc1. The maximum Gasteiger partial charge on any atom is 0.118 e. The number of benzene rings is 1. The lowest BCUT2D eigenvalue weighted by Gasteiger charge is -2.22. The first-order chi connectivity index (χ1) is 9.78. The van der Waals surface area contributed by atoms with Crippen molar-refractivity contribution in [3.63, 3.8) is 0 Å². The molecule has 112 valence electrons. The van der Waals surface area contributed by atoms with Gasteiger partial charge in [-0.05, 0) is 50.3 Å². The Kier molecular flexibility index (Phi) is 6.38. The number of ether oxygens (including phenoxy) is 1. The first kappa shape index (κ1) is 15.4. The predicted octanol–water partition coefficient (Wildman–Crippen LogP) is 4.33. The average molecular weight is 275 g/mol. The van der Waals surface area contributed by atoms with Crippen molar-refractivity contribution >= 4 is 0 Å². The van der Waals surface area contributed by atoms with Gasteiger partial charge in [0.25, 0.3) is 0 Å². The van der Waals surface area contributed by atoms with Crippen molar-refractivity contribution in [3.8, 4) is 5.75 Å². The Morgan fingerprint density at radius 2 is 1.75 bits per heavy atom. The lowest BCUT2D eigenvalue weighted by atomic mass is 10.0. The molecule has 20 heavy (non-hydrogen) atoms. The summed E-state index contributed by atoms with van der Waals surface area (Å²) in [6, 6.07) is 9.83. The minimum atomic E-state index is 0.611. The number of nitrogens with one attached hydrogen (secondary N) is 1. The Bertz CT molecular complexity index is 366. The minimum absolute atomic E-state index is 0.611.